The number of nitrogens with zero attached hydrogens (tertiary/aromatic N) is 3. The van der Waals surface area contributed by atoms with Gasteiger partial charge in [-0.05, 0) is 39.0 Å². The lowest BCUT2D eigenvalue weighted by Crippen LogP contribution is -2.70. The summed E-state index contributed by atoms with van der Waals surface area (Å²) >= 11 is 0. The summed E-state index contributed by atoms with van der Waals surface area (Å²) < 4.78 is 64.1. The Balaban J connectivity index is 1.51. The van der Waals surface area contributed by atoms with E-state index in [-0.39, 0.29) is 49.2 Å². The van der Waals surface area contributed by atoms with E-state index in [1.54, 1.807) is 0 Å². The highest BCUT2D eigenvalue weighted by molar-refractivity contribution is 7.92. The molecule has 2 aliphatic carbocycles. The third kappa shape index (κ3) is 3.01. The molecule has 3 aliphatic heterocycles. The highest BCUT2D eigenvalue weighted by Gasteiger charge is 2.60. The Kier molecular flexibility index (Phi) is 4.99. The zero-order chi connectivity index (χ0) is 22.1. The van der Waals surface area contributed by atoms with Crippen molar-refractivity contribution in [1.29, 1.82) is 5.26 Å². The maximum absolute atomic E-state index is 13.3. The lowest BCUT2D eigenvalue weighted by Gasteiger charge is -2.48. The highest BCUT2D eigenvalue weighted by Crippen LogP contribution is 2.48. The van der Waals surface area contributed by atoms with Gasteiger partial charge in [-0.3, -0.25) is 5.32 Å². The van der Waals surface area contributed by atoms with Gasteiger partial charge in [-0.25, -0.2) is 8.42 Å². The first-order valence-corrected chi connectivity index (χ1v) is 12.7. The average molecular weight is 460 g/mol. The number of hydrogen-bond acceptors (Lipinski definition) is 7. The molecule has 11 heteroatoms. The van der Waals surface area contributed by atoms with Gasteiger partial charge >= 0.3 is 5.51 Å². The van der Waals surface area contributed by atoms with Gasteiger partial charge in [-0.1, -0.05) is 12.8 Å². The van der Waals surface area contributed by atoms with Crippen LogP contribution in [0.4, 0.5) is 13.2 Å². The van der Waals surface area contributed by atoms with E-state index in [1.807, 2.05) is 11.8 Å². The molecule has 5 rings (SSSR count). The predicted molar refractivity (Wildman–Crippen MR) is 107 cm³/mol. The number of piperazine rings is 1. The molecular formula is C20H28F3N5O2S. The molecule has 0 spiro atoms. The molecule has 0 radical (unpaired) electrons. The Morgan fingerprint density at radius 2 is 1.77 bits per heavy atom. The normalized spacial score (nSPS) is 40.2. The number of halogens is 3. The molecule has 0 amide bonds. The lowest BCUT2D eigenvalue weighted by molar-refractivity contribution is -0.0452. The monoisotopic (exact) mass is 459 g/mol. The molecule has 31 heavy (non-hydrogen) atoms. The second kappa shape index (κ2) is 7.25. The maximum atomic E-state index is 13.3. The van der Waals surface area contributed by atoms with Crippen molar-refractivity contribution in [2.45, 2.75) is 99.0 Å². The van der Waals surface area contributed by atoms with Crippen LogP contribution in [0.3, 0.4) is 0 Å². The van der Waals surface area contributed by atoms with Crippen LogP contribution in [0.2, 0.25) is 0 Å². The Hall–Kier alpha value is -1.51. The van der Waals surface area contributed by atoms with Gasteiger partial charge in [0, 0.05) is 18.6 Å². The van der Waals surface area contributed by atoms with Gasteiger partial charge in [-0.15, -0.1) is 0 Å². The lowest BCUT2D eigenvalue weighted by atomic mass is 9.85. The van der Waals surface area contributed by atoms with Crippen LogP contribution in [0, 0.1) is 11.3 Å². The number of likely N-dealkylation sites (N-methyl/N-ethyl adjacent to an activating group) is 1. The Morgan fingerprint density at radius 3 is 2.39 bits per heavy atom. The largest absolute Gasteiger partial charge is 0.497 e. The fourth-order valence-corrected chi connectivity index (χ4v) is 7.89. The Bertz CT molecular complexity index is 930. The third-order valence-electron chi connectivity index (χ3n) is 7.94. The summed E-state index contributed by atoms with van der Waals surface area (Å²) in [5.74, 6) is 0.777. The van der Waals surface area contributed by atoms with E-state index in [0.717, 1.165) is 31.5 Å². The summed E-state index contributed by atoms with van der Waals surface area (Å²) in [5, 5.41) is 15.9. The van der Waals surface area contributed by atoms with Crippen molar-refractivity contribution in [2.24, 2.45) is 0 Å². The molecule has 7 atom stereocenters. The first kappa shape index (κ1) is 21.3. The molecule has 2 saturated carbocycles. The summed E-state index contributed by atoms with van der Waals surface area (Å²) in [5.41, 5.74) is -4.62. The van der Waals surface area contributed by atoms with Crippen LogP contribution in [-0.4, -0.2) is 71.9 Å². The highest BCUT2D eigenvalue weighted by atomic mass is 32.2. The maximum Gasteiger partial charge on any atom is 0.497 e. The number of nitriles is 1. The van der Waals surface area contributed by atoms with Crippen molar-refractivity contribution >= 4 is 9.84 Å². The summed E-state index contributed by atoms with van der Waals surface area (Å²) in [6.45, 7) is 2.60. The summed E-state index contributed by atoms with van der Waals surface area (Å²) in [6.07, 6.45) is 4.37. The van der Waals surface area contributed by atoms with Crippen LogP contribution in [0.1, 0.15) is 51.9 Å². The number of fused-ring (bicyclic) bond motifs is 6. The molecular weight excluding hydrogens is 431 g/mol. The van der Waals surface area contributed by atoms with E-state index < -0.39 is 20.6 Å². The fraction of sp³-hybridized carbons (Fsp3) is 0.850. The van der Waals surface area contributed by atoms with Gasteiger partial charge in [0.1, 0.15) is 18.1 Å². The number of sulfone groups is 1. The molecule has 2 N–H and O–H groups in total. The molecule has 2 saturated heterocycles. The van der Waals surface area contributed by atoms with Crippen molar-refractivity contribution in [3.8, 4) is 6.07 Å². The van der Waals surface area contributed by atoms with Crippen molar-refractivity contribution < 1.29 is 21.6 Å². The predicted octanol–water partition coefficient (Wildman–Crippen LogP) is 1.80. The molecule has 0 bridgehead atoms. The number of nitrogens with one attached hydrogen (secondary N) is 2. The van der Waals surface area contributed by atoms with Gasteiger partial charge in [0.2, 0.25) is 0 Å². The van der Waals surface area contributed by atoms with Gasteiger partial charge in [0.05, 0.1) is 28.9 Å². The van der Waals surface area contributed by atoms with Crippen LogP contribution in [-0.2, 0) is 9.84 Å². The molecule has 0 aromatic heterocycles. The fourth-order valence-electron chi connectivity index (χ4n) is 6.61. The van der Waals surface area contributed by atoms with E-state index in [4.69, 9.17) is 0 Å². The van der Waals surface area contributed by atoms with Crippen LogP contribution in [0.25, 0.3) is 0 Å². The van der Waals surface area contributed by atoms with E-state index >= 15 is 0 Å². The summed E-state index contributed by atoms with van der Waals surface area (Å²) in [7, 11) is -5.22. The minimum absolute atomic E-state index is 0.00695. The molecule has 0 aromatic carbocycles. The van der Waals surface area contributed by atoms with Crippen LogP contribution in [0.15, 0.2) is 11.4 Å². The SMILES string of the molecule is CCN1C2=C(C#N)C3NC4CCCCC4NC3N2C2CC(S(=O)(=O)C(F)(F)F)CCC21. The number of hydrogen-bond donors (Lipinski definition) is 2. The second-order valence-corrected chi connectivity index (χ2v) is 11.6. The first-order valence-electron chi connectivity index (χ1n) is 11.2. The van der Waals surface area contributed by atoms with E-state index in [1.165, 1.54) is 0 Å². The van der Waals surface area contributed by atoms with Crippen molar-refractivity contribution in [3.63, 3.8) is 0 Å². The van der Waals surface area contributed by atoms with Crippen LogP contribution >= 0.6 is 0 Å². The van der Waals surface area contributed by atoms with Crippen molar-refractivity contribution in [2.75, 3.05) is 6.54 Å². The Labute approximate surface area is 180 Å². The van der Waals surface area contributed by atoms with Crippen LogP contribution in [0.5, 0.6) is 0 Å². The number of alkyl halides is 3. The Morgan fingerprint density at radius 1 is 1.10 bits per heavy atom. The smallest absolute Gasteiger partial charge is 0.353 e. The zero-order valence-corrected chi connectivity index (χ0v) is 18.2. The van der Waals surface area contributed by atoms with E-state index in [9.17, 15) is 26.9 Å². The van der Waals surface area contributed by atoms with E-state index in [2.05, 4.69) is 21.6 Å². The quantitative estimate of drug-likeness (QED) is 0.651. The summed E-state index contributed by atoms with van der Waals surface area (Å²) in [6, 6.07) is 2.23. The third-order valence-corrected chi connectivity index (χ3v) is 9.89. The second-order valence-electron chi connectivity index (χ2n) is 9.36. The molecule has 5 aliphatic rings. The van der Waals surface area contributed by atoms with Gasteiger partial charge in [0.15, 0.2) is 0 Å². The molecule has 4 fully saturated rings. The van der Waals surface area contributed by atoms with Gasteiger partial charge < -0.3 is 15.1 Å². The molecule has 172 valence electrons. The van der Waals surface area contributed by atoms with Crippen molar-refractivity contribution in [1.82, 2.24) is 20.4 Å². The standard InChI is InChI=1S/C20H28F3N5O2S/c1-2-27-15-8-7-11(31(29,30)20(21,22)23)9-16(15)28-18-17(12(10-24)19(27)28)25-13-5-3-4-6-14(13)26-18/h11,13-18,25-26H,2-9H2,1H3. The minimum Gasteiger partial charge on any atom is -0.353 e. The first-order chi connectivity index (χ1) is 14.7. The van der Waals surface area contributed by atoms with Crippen LogP contribution < -0.4 is 10.6 Å². The average Bonchev–Trinajstić information content (AvgIpc) is 3.22. The summed E-state index contributed by atoms with van der Waals surface area (Å²) in [4.78, 5) is 4.16. The zero-order valence-electron chi connectivity index (χ0n) is 17.4. The minimum atomic E-state index is -5.24. The van der Waals surface area contributed by atoms with E-state index in [0.29, 0.717) is 18.5 Å². The molecule has 7 nitrogen and oxygen atoms in total. The number of rotatable bonds is 2. The van der Waals surface area contributed by atoms with Gasteiger partial charge in [0.25, 0.3) is 9.84 Å². The molecule has 3 heterocycles. The topological polar surface area (TPSA) is 88.5 Å². The molecule has 0 aromatic rings. The molecule has 7 unspecified atom stereocenters. The van der Waals surface area contributed by atoms with Crippen molar-refractivity contribution in [3.05, 3.63) is 11.4 Å². The van der Waals surface area contributed by atoms with Gasteiger partial charge in [-0.2, -0.15) is 18.4 Å².